The fourth-order valence-electron chi connectivity index (χ4n) is 1.09. The second-order valence-electron chi connectivity index (χ2n) is 2.79. The molecule has 0 aromatic carbocycles. The average Bonchev–Trinajstić information content (AvgIpc) is 1.97. The summed E-state index contributed by atoms with van der Waals surface area (Å²) in [7, 11) is 0. The van der Waals surface area contributed by atoms with Crippen LogP contribution in [0, 0.1) is 0 Å². The Morgan fingerprint density at radius 3 is 2.27 bits per heavy atom. The Kier molecular flexibility index (Phi) is 2.46. The van der Waals surface area contributed by atoms with E-state index in [1.165, 1.54) is 0 Å². The lowest BCUT2D eigenvalue weighted by Gasteiger charge is -2.37. The molecular formula is C6H13NO4. The van der Waals surface area contributed by atoms with Crippen molar-refractivity contribution in [3.05, 3.63) is 0 Å². The molecule has 1 aliphatic heterocycles. The van der Waals surface area contributed by atoms with Crippen molar-refractivity contribution < 1.29 is 20.1 Å². The highest BCUT2D eigenvalue weighted by Gasteiger charge is 2.39. The molecule has 1 saturated heterocycles. The number of hydrogen-bond donors (Lipinski definition) is 4. The zero-order valence-electron chi connectivity index (χ0n) is 6.21. The molecule has 0 spiro atoms. The van der Waals surface area contributed by atoms with E-state index >= 15 is 0 Å². The molecule has 0 amide bonds. The number of aliphatic hydroxyl groups excluding tert-OH is 3. The summed E-state index contributed by atoms with van der Waals surface area (Å²) < 4.78 is 4.76. The highest BCUT2D eigenvalue weighted by Crippen LogP contribution is 2.17. The largest absolute Gasteiger partial charge is 0.389 e. The monoisotopic (exact) mass is 163 g/mol. The maximum Gasteiger partial charge on any atom is 0.182 e. The minimum absolute atomic E-state index is 0.539. The van der Waals surface area contributed by atoms with Crippen LogP contribution in [0.25, 0.3) is 0 Å². The third-order valence-electron chi connectivity index (χ3n) is 1.92. The van der Waals surface area contributed by atoms with Gasteiger partial charge in [0.25, 0.3) is 0 Å². The molecule has 11 heavy (non-hydrogen) atoms. The van der Waals surface area contributed by atoms with Crippen molar-refractivity contribution in [2.24, 2.45) is 5.73 Å². The Morgan fingerprint density at radius 1 is 1.18 bits per heavy atom. The Bertz CT molecular complexity index is 129. The highest BCUT2D eigenvalue weighted by molar-refractivity contribution is 4.89. The van der Waals surface area contributed by atoms with Crippen molar-refractivity contribution in [3.8, 4) is 0 Å². The molecule has 5 atom stereocenters. The zero-order chi connectivity index (χ0) is 8.59. The molecule has 1 rings (SSSR count). The first-order valence-electron chi connectivity index (χ1n) is 3.49. The number of ether oxygens (including phenoxy) is 1. The van der Waals surface area contributed by atoms with E-state index in [9.17, 15) is 5.11 Å². The third kappa shape index (κ3) is 1.52. The van der Waals surface area contributed by atoms with Crippen LogP contribution in [-0.4, -0.2) is 46.0 Å². The van der Waals surface area contributed by atoms with E-state index in [1.54, 1.807) is 6.92 Å². The average molecular weight is 163 g/mol. The van der Waals surface area contributed by atoms with Crippen LogP contribution >= 0.6 is 0 Å². The molecule has 0 aliphatic carbocycles. The number of aliphatic hydroxyl groups is 3. The summed E-state index contributed by atoms with van der Waals surface area (Å²) in [5, 5.41) is 27.3. The quantitative estimate of drug-likeness (QED) is 0.324. The first kappa shape index (κ1) is 8.89. The van der Waals surface area contributed by atoms with Gasteiger partial charge >= 0.3 is 0 Å². The lowest BCUT2D eigenvalue weighted by atomic mass is 9.98. The highest BCUT2D eigenvalue weighted by atomic mass is 16.6. The van der Waals surface area contributed by atoms with Gasteiger partial charge in [-0.2, -0.15) is 0 Å². The van der Waals surface area contributed by atoms with Gasteiger partial charge in [0, 0.05) is 0 Å². The first-order valence-corrected chi connectivity index (χ1v) is 3.49. The van der Waals surface area contributed by atoms with Crippen LogP contribution in [0.1, 0.15) is 6.92 Å². The normalized spacial score (nSPS) is 52.6. The smallest absolute Gasteiger partial charge is 0.182 e. The van der Waals surface area contributed by atoms with Crippen LogP contribution in [0.15, 0.2) is 0 Å². The van der Waals surface area contributed by atoms with Crippen molar-refractivity contribution in [1.29, 1.82) is 0 Å². The minimum atomic E-state index is -1.29. The molecule has 5 N–H and O–H groups in total. The van der Waals surface area contributed by atoms with Gasteiger partial charge in [0.15, 0.2) is 6.29 Å². The maximum atomic E-state index is 9.21. The predicted octanol–water partition coefficient (Wildman–Crippen LogP) is -2.23. The summed E-state index contributed by atoms with van der Waals surface area (Å²) in [6, 6.07) is -0.839. The van der Waals surface area contributed by atoms with Gasteiger partial charge in [-0.25, -0.2) is 0 Å². The predicted molar refractivity (Wildman–Crippen MR) is 36.5 cm³/mol. The van der Waals surface area contributed by atoms with E-state index in [1.807, 2.05) is 0 Å². The number of rotatable bonds is 0. The summed E-state index contributed by atoms with van der Waals surface area (Å²) >= 11 is 0. The van der Waals surface area contributed by atoms with Crippen LogP contribution in [-0.2, 0) is 4.74 Å². The zero-order valence-corrected chi connectivity index (χ0v) is 6.21. The molecule has 0 saturated carbocycles. The Morgan fingerprint density at radius 2 is 1.73 bits per heavy atom. The van der Waals surface area contributed by atoms with Crippen LogP contribution in [0.2, 0.25) is 0 Å². The molecular weight excluding hydrogens is 150 g/mol. The Balaban J connectivity index is 2.63. The fraction of sp³-hybridized carbons (Fsp3) is 1.00. The molecule has 5 nitrogen and oxygen atoms in total. The summed E-state index contributed by atoms with van der Waals surface area (Å²) in [6.07, 6.45) is -3.96. The standard InChI is InChI=1S/C6H13NO4/c1-2-4(8)3(7)5(9)6(10)11-2/h2-6,8-10H,7H2,1H3/t2-,3?,4+,5-,6-/m0/s1. The number of hydrogen-bond acceptors (Lipinski definition) is 5. The van der Waals surface area contributed by atoms with Gasteiger partial charge < -0.3 is 25.8 Å². The van der Waals surface area contributed by atoms with E-state index in [2.05, 4.69) is 0 Å². The lowest BCUT2D eigenvalue weighted by molar-refractivity contribution is -0.247. The fourth-order valence-corrected chi connectivity index (χ4v) is 1.09. The van der Waals surface area contributed by atoms with Crippen LogP contribution in [0.3, 0.4) is 0 Å². The molecule has 0 radical (unpaired) electrons. The molecule has 5 heteroatoms. The van der Waals surface area contributed by atoms with Crippen molar-refractivity contribution in [2.45, 2.75) is 37.6 Å². The molecule has 1 unspecified atom stereocenters. The molecule has 0 bridgehead atoms. The first-order chi connectivity index (χ1) is 5.04. The summed E-state index contributed by atoms with van der Waals surface area (Å²) in [6.45, 7) is 1.58. The van der Waals surface area contributed by atoms with Crippen LogP contribution < -0.4 is 5.73 Å². The molecule has 1 heterocycles. The van der Waals surface area contributed by atoms with Gasteiger partial charge in [-0.1, -0.05) is 0 Å². The van der Waals surface area contributed by atoms with Gasteiger partial charge in [-0.05, 0) is 6.92 Å². The Labute approximate surface area is 64.4 Å². The van der Waals surface area contributed by atoms with Gasteiger partial charge in [0.05, 0.1) is 18.2 Å². The molecule has 1 aliphatic rings. The molecule has 0 aromatic rings. The topological polar surface area (TPSA) is 95.9 Å². The Hall–Kier alpha value is -0.200. The second kappa shape index (κ2) is 3.04. The van der Waals surface area contributed by atoms with Gasteiger partial charge in [0.1, 0.15) is 6.10 Å². The molecule has 1 fully saturated rings. The molecule has 66 valence electrons. The van der Waals surface area contributed by atoms with E-state index in [0.29, 0.717) is 0 Å². The van der Waals surface area contributed by atoms with Crippen molar-refractivity contribution in [3.63, 3.8) is 0 Å². The van der Waals surface area contributed by atoms with Gasteiger partial charge in [0.2, 0.25) is 0 Å². The van der Waals surface area contributed by atoms with Gasteiger partial charge in [-0.15, -0.1) is 0 Å². The summed E-state index contributed by atoms with van der Waals surface area (Å²) in [5.41, 5.74) is 5.36. The van der Waals surface area contributed by atoms with E-state index in [4.69, 9.17) is 20.7 Å². The van der Waals surface area contributed by atoms with Crippen LogP contribution in [0.5, 0.6) is 0 Å². The third-order valence-corrected chi connectivity index (χ3v) is 1.92. The van der Waals surface area contributed by atoms with E-state index in [0.717, 1.165) is 0 Å². The van der Waals surface area contributed by atoms with E-state index < -0.39 is 30.6 Å². The minimum Gasteiger partial charge on any atom is -0.389 e. The van der Waals surface area contributed by atoms with Gasteiger partial charge in [-0.3, -0.25) is 0 Å². The maximum absolute atomic E-state index is 9.21. The summed E-state index contributed by atoms with van der Waals surface area (Å²) in [5.74, 6) is 0. The van der Waals surface area contributed by atoms with Crippen molar-refractivity contribution >= 4 is 0 Å². The second-order valence-corrected chi connectivity index (χ2v) is 2.79. The van der Waals surface area contributed by atoms with Crippen LogP contribution in [0.4, 0.5) is 0 Å². The summed E-state index contributed by atoms with van der Waals surface area (Å²) in [4.78, 5) is 0. The number of nitrogens with two attached hydrogens (primary N) is 1. The van der Waals surface area contributed by atoms with Crippen molar-refractivity contribution in [2.75, 3.05) is 0 Å². The lowest BCUT2D eigenvalue weighted by Crippen LogP contribution is -2.60. The van der Waals surface area contributed by atoms with Crippen molar-refractivity contribution in [1.82, 2.24) is 0 Å². The SMILES string of the molecule is C[C@@H]1O[C@H](O)[C@@H](O)C(N)[C@@H]1O. The van der Waals surface area contributed by atoms with E-state index in [-0.39, 0.29) is 0 Å². The molecule has 0 aromatic heterocycles.